The van der Waals surface area contributed by atoms with Gasteiger partial charge in [-0.3, -0.25) is 4.99 Å². The van der Waals surface area contributed by atoms with E-state index < -0.39 is 0 Å². The van der Waals surface area contributed by atoms with Crippen molar-refractivity contribution in [3.63, 3.8) is 0 Å². The van der Waals surface area contributed by atoms with Crippen LogP contribution in [0.1, 0.15) is 11.1 Å². The van der Waals surface area contributed by atoms with Gasteiger partial charge in [-0.2, -0.15) is 0 Å². The monoisotopic (exact) mass is 466 g/mol. The van der Waals surface area contributed by atoms with Crippen molar-refractivity contribution < 1.29 is 4.39 Å². The lowest BCUT2D eigenvalue weighted by atomic mass is 10.2. The highest BCUT2D eigenvalue weighted by Gasteiger charge is 2.07. The van der Waals surface area contributed by atoms with Crippen LogP contribution in [-0.2, 0) is 13.1 Å². The standard InChI is InChI=1S/C20H23FN4.HI/c1-22-20(24-15-17-5-4-6-18(21)13-17)23-14-16-7-9-19(10-8-16)25-11-2-3-12-25;/h2-10,13H,11-12,14-15H2,1H3,(H2,22,23,24);1H. The van der Waals surface area contributed by atoms with E-state index >= 15 is 0 Å². The predicted octanol–water partition coefficient (Wildman–Crippen LogP) is 3.69. The van der Waals surface area contributed by atoms with Crippen LogP contribution in [0.4, 0.5) is 10.1 Å². The summed E-state index contributed by atoms with van der Waals surface area (Å²) in [6, 6.07) is 15.1. The quantitative estimate of drug-likeness (QED) is 0.306. The first-order valence-corrected chi connectivity index (χ1v) is 8.42. The molecule has 2 aromatic carbocycles. The van der Waals surface area contributed by atoms with Gasteiger partial charge in [0.25, 0.3) is 0 Å². The Morgan fingerprint density at radius 1 is 1.00 bits per heavy atom. The van der Waals surface area contributed by atoms with Crippen molar-refractivity contribution in [2.45, 2.75) is 13.1 Å². The fraction of sp³-hybridized carbons (Fsp3) is 0.250. The van der Waals surface area contributed by atoms with Gasteiger partial charge in [0.1, 0.15) is 5.82 Å². The van der Waals surface area contributed by atoms with E-state index in [0.29, 0.717) is 19.0 Å². The lowest BCUT2D eigenvalue weighted by Crippen LogP contribution is -2.36. The summed E-state index contributed by atoms with van der Waals surface area (Å²) in [5, 5.41) is 6.47. The Hall–Kier alpha value is -2.09. The van der Waals surface area contributed by atoms with Gasteiger partial charge in [-0.1, -0.05) is 36.4 Å². The largest absolute Gasteiger partial charge is 0.364 e. The third-order valence-electron chi connectivity index (χ3n) is 4.15. The van der Waals surface area contributed by atoms with E-state index in [9.17, 15) is 4.39 Å². The van der Waals surface area contributed by atoms with Crippen LogP contribution in [0, 0.1) is 5.82 Å². The minimum atomic E-state index is -0.226. The maximum absolute atomic E-state index is 13.2. The molecule has 1 aliphatic rings. The molecular formula is C20H24FIN4. The molecule has 0 atom stereocenters. The number of hydrogen-bond donors (Lipinski definition) is 2. The molecule has 0 aromatic heterocycles. The predicted molar refractivity (Wildman–Crippen MR) is 117 cm³/mol. The van der Waals surface area contributed by atoms with Crippen molar-refractivity contribution in [2.24, 2.45) is 4.99 Å². The van der Waals surface area contributed by atoms with Crippen LogP contribution >= 0.6 is 24.0 Å². The van der Waals surface area contributed by atoms with Crippen LogP contribution in [0.5, 0.6) is 0 Å². The van der Waals surface area contributed by atoms with Crippen LogP contribution in [0.2, 0.25) is 0 Å². The summed E-state index contributed by atoms with van der Waals surface area (Å²) in [6.07, 6.45) is 4.37. The first-order chi connectivity index (χ1) is 12.2. The molecule has 0 fully saturated rings. The van der Waals surface area contributed by atoms with Gasteiger partial charge in [0.2, 0.25) is 0 Å². The van der Waals surface area contributed by atoms with Gasteiger partial charge in [0.15, 0.2) is 5.96 Å². The third-order valence-corrected chi connectivity index (χ3v) is 4.15. The minimum Gasteiger partial charge on any atom is -0.364 e. The Morgan fingerprint density at radius 2 is 1.65 bits per heavy atom. The molecule has 2 N–H and O–H groups in total. The molecule has 0 radical (unpaired) electrons. The highest BCUT2D eigenvalue weighted by Crippen LogP contribution is 2.17. The van der Waals surface area contributed by atoms with E-state index in [1.165, 1.54) is 23.4 Å². The second-order valence-electron chi connectivity index (χ2n) is 5.95. The topological polar surface area (TPSA) is 39.7 Å². The number of halogens is 2. The highest BCUT2D eigenvalue weighted by atomic mass is 127. The van der Waals surface area contributed by atoms with Gasteiger partial charge >= 0.3 is 0 Å². The molecule has 0 amide bonds. The summed E-state index contributed by atoms with van der Waals surface area (Å²) in [5.41, 5.74) is 3.30. The summed E-state index contributed by atoms with van der Waals surface area (Å²) in [4.78, 5) is 6.52. The minimum absolute atomic E-state index is 0. The van der Waals surface area contributed by atoms with E-state index in [1.54, 1.807) is 13.1 Å². The lowest BCUT2D eigenvalue weighted by Gasteiger charge is -2.18. The zero-order chi connectivity index (χ0) is 17.5. The van der Waals surface area contributed by atoms with E-state index in [2.05, 4.69) is 56.9 Å². The molecule has 0 unspecified atom stereocenters. The Bertz CT molecular complexity index is 751. The van der Waals surface area contributed by atoms with Crippen LogP contribution in [0.3, 0.4) is 0 Å². The summed E-state index contributed by atoms with van der Waals surface area (Å²) in [5.74, 6) is 0.465. The highest BCUT2D eigenvalue weighted by molar-refractivity contribution is 14.0. The van der Waals surface area contributed by atoms with E-state index in [0.717, 1.165) is 18.7 Å². The number of nitrogens with zero attached hydrogens (tertiary/aromatic N) is 2. The molecular weight excluding hydrogens is 442 g/mol. The molecule has 0 bridgehead atoms. The van der Waals surface area contributed by atoms with Gasteiger partial charge in [-0.05, 0) is 35.4 Å². The van der Waals surface area contributed by atoms with Gasteiger partial charge in [-0.15, -0.1) is 24.0 Å². The Kier molecular flexibility index (Phi) is 7.90. The van der Waals surface area contributed by atoms with E-state index in [-0.39, 0.29) is 29.8 Å². The maximum Gasteiger partial charge on any atom is 0.191 e. The maximum atomic E-state index is 13.2. The van der Waals surface area contributed by atoms with Crippen molar-refractivity contribution >= 4 is 35.6 Å². The fourth-order valence-corrected chi connectivity index (χ4v) is 2.75. The SMILES string of the molecule is CN=C(NCc1ccc(N2CC=CC2)cc1)NCc1cccc(F)c1.I. The molecule has 6 heteroatoms. The molecule has 4 nitrogen and oxygen atoms in total. The summed E-state index contributed by atoms with van der Waals surface area (Å²) < 4.78 is 13.2. The Balaban J connectivity index is 0.00000243. The molecule has 0 saturated carbocycles. The fourth-order valence-electron chi connectivity index (χ4n) is 2.75. The van der Waals surface area contributed by atoms with Crippen molar-refractivity contribution in [2.75, 3.05) is 25.0 Å². The lowest BCUT2D eigenvalue weighted by molar-refractivity contribution is 0.624. The summed E-state index contributed by atoms with van der Waals surface area (Å²) in [7, 11) is 1.73. The summed E-state index contributed by atoms with van der Waals surface area (Å²) >= 11 is 0. The van der Waals surface area contributed by atoms with Crippen LogP contribution in [0.25, 0.3) is 0 Å². The molecule has 0 aliphatic carbocycles. The van der Waals surface area contributed by atoms with Crippen LogP contribution in [0.15, 0.2) is 65.7 Å². The molecule has 1 aliphatic heterocycles. The zero-order valence-electron chi connectivity index (χ0n) is 14.8. The average Bonchev–Trinajstić information content (AvgIpc) is 3.17. The Labute approximate surface area is 171 Å². The van der Waals surface area contributed by atoms with Crippen LogP contribution in [-0.4, -0.2) is 26.1 Å². The number of benzene rings is 2. The van der Waals surface area contributed by atoms with Crippen molar-refractivity contribution in [1.82, 2.24) is 10.6 Å². The van der Waals surface area contributed by atoms with Crippen molar-refractivity contribution in [1.29, 1.82) is 0 Å². The van der Waals surface area contributed by atoms with Gasteiger partial charge in [0.05, 0.1) is 0 Å². The second kappa shape index (κ2) is 10.2. The average molecular weight is 466 g/mol. The number of guanidine groups is 1. The van der Waals surface area contributed by atoms with E-state index in [1.807, 2.05) is 6.07 Å². The molecule has 0 saturated heterocycles. The van der Waals surface area contributed by atoms with Crippen molar-refractivity contribution in [3.8, 4) is 0 Å². The number of hydrogen-bond acceptors (Lipinski definition) is 2. The third kappa shape index (κ3) is 5.72. The first kappa shape index (κ1) is 20.2. The Morgan fingerprint density at radius 3 is 2.27 bits per heavy atom. The normalized spacial score (nSPS) is 13.5. The first-order valence-electron chi connectivity index (χ1n) is 8.42. The summed E-state index contributed by atoms with van der Waals surface area (Å²) in [6.45, 7) is 3.17. The molecule has 3 rings (SSSR count). The van der Waals surface area contributed by atoms with Crippen LogP contribution < -0.4 is 15.5 Å². The van der Waals surface area contributed by atoms with Gasteiger partial charge in [-0.25, -0.2) is 4.39 Å². The van der Waals surface area contributed by atoms with Gasteiger partial charge < -0.3 is 15.5 Å². The number of aliphatic imine (C=N–C) groups is 1. The zero-order valence-corrected chi connectivity index (χ0v) is 17.1. The van der Waals surface area contributed by atoms with E-state index in [4.69, 9.17) is 0 Å². The van der Waals surface area contributed by atoms with Gasteiger partial charge in [0, 0.05) is 38.9 Å². The molecule has 2 aromatic rings. The molecule has 138 valence electrons. The number of rotatable bonds is 5. The smallest absolute Gasteiger partial charge is 0.191 e. The number of anilines is 1. The van der Waals surface area contributed by atoms with Crippen molar-refractivity contribution in [3.05, 3.63) is 77.6 Å². The second-order valence-corrected chi connectivity index (χ2v) is 5.95. The molecule has 0 spiro atoms. The molecule has 26 heavy (non-hydrogen) atoms. The molecule has 1 heterocycles. The number of nitrogens with one attached hydrogen (secondary N) is 2.